The van der Waals surface area contributed by atoms with Gasteiger partial charge < -0.3 is 22.1 Å². The molecule has 0 aromatic carbocycles. The summed E-state index contributed by atoms with van der Waals surface area (Å²) in [6.07, 6.45) is 0. The van der Waals surface area contributed by atoms with Crippen LogP contribution in [-0.4, -0.2) is 43.1 Å². The molecule has 1 saturated heterocycles. The minimum absolute atomic E-state index is 0. The Labute approximate surface area is 105 Å². The van der Waals surface area contributed by atoms with Gasteiger partial charge in [-0.3, -0.25) is 0 Å². The normalized spacial score (nSPS) is 30.1. The molecule has 0 aromatic heterocycles. The molecule has 1 aliphatic heterocycles. The Hall–Kier alpha value is 1.14. The van der Waals surface area contributed by atoms with Crippen molar-refractivity contribution in [1.82, 2.24) is 10.4 Å². The van der Waals surface area contributed by atoms with Crippen LogP contribution in [0.2, 0.25) is 0 Å². The molecule has 1 heterocycles. The van der Waals surface area contributed by atoms with Crippen LogP contribution in [0.4, 0.5) is 0 Å². The molecule has 0 saturated carbocycles. The molecule has 2 atom stereocenters. The third kappa shape index (κ3) is 4.96. The topological polar surface area (TPSA) is 76.9 Å². The van der Waals surface area contributed by atoms with E-state index in [-0.39, 0.29) is 29.6 Å². The first kappa shape index (κ1) is 14.1. The van der Waals surface area contributed by atoms with Gasteiger partial charge in [-0.2, -0.15) is 5.01 Å². The second-order valence-electron chi connectivity index (χ2n) is 2.73. The number of hydrogen-bond acceptors (Lipinski definition) is 6. The van der Waals surface area contributed by atoms with Crippen LogP contribution >= 0.6 is 0 Å². The van der Waals surface area contributed by atoms with Crippen molar-refractivity contribution < 1.29 is 47.4 Å². The van der Waals surface area contributed by atoms with Gasteiger partial charge in [0, 0.05) is 12.5 Å². The zero-order valence-corrected chi connectivity index (χ0v) is 11.1. The maximum atomic E-state index is 10.4. The summed E-state index contributed by atoms with van der Waals surface area (Å²) in [6.45, 7) is 0.426. The molecule has 2 N–H and O–H groups in total. The molecule has 0 spiro atoms. The van der Waals surface area contributed by atoms with Crippen molar-refractivity contribution in [2.24, 2.45) is 0 Å². The van der Waals surface area contributed by atoms with Crippen LogP contribution in [-0.2, 0) is 22.7 Å². The molecule has 0 bridgehead atoms. The van der Waals surface area contributed by atoms with E-state index in [9.17, 15) is 13.0 Å². The van der Waals surface area contributed by atoms with Crippen LogP contribution < -0.4 is 39.9 Å². The van der Waals surface area contributed by atoms with E-state index in [1.807, 2.05) is 0 Å². The molecular weight excluding hydrogens is 225 g/mol. The number of rotatable bonds is 2. The number of nitrogens with zero attached hydrogens (tertiary/aromatic N) is 1. The Morgan fingerprint density at radius 2 is 2.31 bits per heavy atom. The van der Waals surface area contributed by atoms with Gasteiger partial charge in [-0.25, -0.2) is 13.8 Å². The molecule has 9 heteroatoms. The van der Waals surface area contributed by atoms with Gasteiger partial charge in [-0.15, -0.1) is 0 Å². The van der Waals surface area contributed by atoms with Crippen molar-refractivity contribution in [3.8, 4) is 0 Å². The van der Waals surface area contributed by atoms with Crippen molar-refractivity contribution >= 4 is 22.7 Å². The summed E-state index contributed by atoms with van der Waals surface area (Å²) < 4.78 is 31.1. The summed E-state index contributed by atoms with van der Waals surface area (Å²) in [6, 6.07) is 0. The predicted molar refractivity (Wildman–Crippen MR) is 42.4 cm³/mol. The fourth-order valence-corrected chi connectivity index (χ4v) is 2.23. The zero-order valence-electron chi connectivity index (χ0n) is 7.48. The van der Waals surface area contributed by atoms with Crippen molar-refractivity contribution in [3.63, 3.8) is 0 Å². The predicted octanol–water partition coefficient (Wildman–Crippen LogP) is -6.38. The van der Waals surface area contributed by atoms with Gasteiger partial charge in [0.05, 0.1) is 0 Å². The Balaban J connectivity index is 0.00000144. The first-order valence-electron chi connectivity index (χ1n) is 3.30. The van der Waals surface area contributed by atoms with E-state index in [1.165, 1.54) is 0 Å². The second-order valence-corrected chi connectivity index (χ2v) is 4.60. The van der Waals surface area contributed by atoms with Gasteiger partial charge in [0.25, 0.3) is 0 Å². The quantitative estimate of drug-likeness (QED) is 0.282. The van der Waals surface area contributed by atoms with Crippen LogP contribution in [0.5, 0.6) is 0 Å². The van der Waals surface area contributed by atoms with Crippen LogP contribution in [0.1, 0.15) is 0 Å². The number of quaternary nitrogens is 1. The first-order valence-corrected chi connectivity index (χ1v) is 5.34. The summed E-state index contributed by atoms with van der Waals surface area (Å²) in [5.41, 5.74) is 2.37. The van der Waals surface area contributed by atoms with Gasteiger partial charge in [0.1, 0.15) is 16.8 Å². The second kappa shape index (κ2) is 5.29. The SMILES string of the molecule is CN1C[NH+](CS(=O)(=O)[O-])C([S-])N1.[Na+]. The third-order valence-electron chi connectivity index (χ3n) is 1.51. The van der Waals surface area contributed by atoms with Crippen LogP contribution in [0, 0.1) is 0 Å². The van der Waals surface area contributed by atoms with Crippen molar-refractivity contribution in [1.29, 1.82) is 0 Å². The molecule has 1 rings (SSSR count). The van der Waals surface area contributed by atoms with Gasteiger partial charge in [0.15, 0.2) is 5.88 Å². The smallest absolute Gasteiger partial charge is 0.744 e. The van der Waals surface area contributed by atoms with Gasteiger partial charge in [-0.05, 0) is 0 Å². The summed E-state index contributed by atoms with van der Waals surface area (Å²) in [7, 11) is -2.44. The van der Waals surface area contributed by atoms with Gasteiger partial charge in [0.2, 0.25) is 0 Å². The molecule has 2 unspecified atom stereocenters. The molecule has 1 fully saturated rings. The third-order valence-corrected chi connectivity index (χ3v) is 2.67. The maximum Gasteiger partial charge on any atom is 1.00 e. The Morgan fingerprint density at radius 3 is 2.62 bits per heavy atom. The maximum absolute atomic E-state index is 10.4. The molecule has 72 valence electrons. The average molecular weight is 235 g/mol. The Morgan fingerprint density at radius 1 is 1.77 bits per heavy atom. The first-order chi connectivity index (χ1) is 5.38. The van der Waals surface area contributed by atoms with Crippen LogP contribution in [0.3, 0.4) is 0 Å². The summed E-state index contributed by atoms with van der Waals surface area (Å²) in [5, 5.41) is 1.66. The van der Waals surface area contributed by atoms with Crippen molar-refractivity contribution in [2.75, 3.05) is 19.6 Å². The van der Waals surface area contributed by atoms with E-state index in [4.69, 9.17) is 12.6 Å². The molecule has 1 aliphatic rings. The van der Waals surface area contributed by atoms with E-state index in [0.717, 1.165) is 0 Å². The van der Waals surface area contributed by atoms with E-state index < -0.39 is 21.5 Å². The Bertz CT molecular complexity index is 259. The molecule has 0 radical (unpaired) electrons. The fourth-order valence-electron chi connectivity index (χ4n) is 1.07. The molecule has 0 aromatic rings. The summed E-state index contributed by atoms with van der Waals surface area (Å²) >= 11 is 4.88. The standard InChI is InChI=1S/C4H11N3O3S2.Na/c1-6-2-7(4(11)5-6)3-12(8,9)10;/h4-5,11H,2-3H2,1H3,(H,8,9,10);/q;+1/p-1. The van der Waals surface area contributed by atoms with Gasteiger partial charge >= 0.3 is 29.6 Å². The summed E-state index contributed by atoms with van der Waals surface area (Å²) in [5.74, 6) is -0.460. The van der Waals surface area contributed by atoms with E-state index in [2.05, 4.69) is 5.43 Å². The zero-order chi connectivity index (χ0) is 9.35. The van der Waals surface area contributed by atoms with E-state index in [0.29, 0.717) is 11.6 Å². The van der Waals surface area contributed by atoms with Crippen molar-refractivity contribution in [3.05, 3.63) is 0 Å². The Kier molecular flexibility index (Phi) is 5.75. The summed E-state index contributed by atoms with van der Waals surface area (Å²) in [4.78, 5) is 0.544. The fraction of sp³-hybridized carbons (Fsp3) is 1.00. The van der Waals surface area contributed by atoms with Gasteiger partial charge in [-0.1, -0.05) is 0 Å². The van der Waals surface area contributed by atoms with E-state index >= 15 is 0 Å². The molecule has 6 nitrogen and oxygen atoms in total. The molecular formula is C4H10N3NaO3S2. The number of hydrogen-bond donors (Lipinski definition) is 2. The average Bonchev–Trinajstić information content (AvgIpc) is 2.06. The largest absolute Gasteiger partial charge is 1.00 e. The molecule has 0 amide bonds. The monoisotopic (exact) mass is 235 g/mol. The van der Waals surface area contributed by atoms with Crippen LogP contribution in [0.25, 0.3) is 0 Å². The van der Waals surface area contributed by atoms with Crippen molar-refractivity contribution in [2.45, 2.75) is 5.50 Å². The number of nitrogens with one attached hydrogen (secondary N) is 2. The molecule has 13 heavy (non-hydrogen) atoms. The number of hydrazine groups is 1. The van der Waals surface area contributed by atoms with E-state index in [1.54, 1.807) is 12.1 Å². The van der Waals surface area contributed by atoms with Crippen LogP contribution in [0.15, 0.2) is 0 Å². The molecule has 0 aliphatic carbocycles. The minimum atomic E-state index is -4.18. The minimum Gasteiger partial charge on any atom is -0.744 e.